The molecule has 200 valence electrons. The molecule has 0 saturated carbocycles. The summed E-state index contributed by atoms with van der Waals surface area (Å²) >= 11 is 0. The van der Waals surface area contributed by atoms with Crippen LogP contribution < -0.4 is 5.32 Å². The molecule has 0 amide bonds. The number of nitrogens with zero attached hydrogens (tertiary/aromatic N) is 1. The van der Waals surface area contributed by atoms with E-state index in [-0.39, 0.29) is 5.41 Å². The summed E-state index contributed by atoms with van der Waals surface area (Å²) in [5.41, 5.74) is 11.1. The van der Waals surface area contributed by atoms with Gasteiger partial charge in [-0.2, -0.15) is 0 Å². The molecular formula is C39H28N2O. The molecular weight excluding hydrogens is 512 g/mol. The molecule has 0 spiro atoms. The van der Waals surface area contributed by atoms with E-state index in [1.54, 1.807) is 0 Å². The smallest absolute Gasteiger partial charge is 0.143 e. The third-order valence-electron chi connectivity index (χ3n) is 9.24. The third kappa shape index (κ3) is 3.25. The lowest BCUT2D eigenvalue weighted by Crippen LogP contribution is -2.20. The molecule has 2 aromatic heterocycles. The van der Waals surface area contributed by atoms with Crippen LogP contribution in [0.4, 0.5) is 0 Å². The van der Waals surface area contributed by atoms with Gasteiger partial charge < -0.3 is 9.73 Å². The Labute approximate surface area is 243 Å². The average Bonchev–Trinajstić information content (AvgIpc) is 3.51. The summed E-state index contributed by atoms with van der Waals surface area (Å²) in [6, 6.07) is 37.0. The van der Waals surface area contributed by atoms with Gasteiger partial charge in [0.2, 0.25) is 0 Å². The SMILES string of the molecule is CC1(C)C2=C(NCC=C2)c2nc(-c3ccc4cc(-c5c6ccccc6cc6c5oc5ccccc56)ccc4c3)ccc21. The number of pyridine rings is 1. The van der Waals surface area contributed by atoms with Crippen LogP contribution >= 0.6 is 0 Å². The Morgan fingerprint density at radius 3 is 2.36 bits per heavy atom. The number of dihydropyridines is 1. The summed E-state index contributed by atoms with van der Waals surface area (Å²) in [7, 11) is 0. The van der Waals surface area contributed by atoms with Gasteiger partial charge in [0.05, 0.1) is 17.1 Å². The van der Waals surface area contributed by atoms with Crippen molar-refractivity contribution in [1.29, 1.82) is 0 Å². The molecule has 7 aromatic rings. The zero-order chi connectivity index (χ0) is 28.0. The maximum atomic E-state index is 6.50. The Bertz CT molecular complexity index is 2330. The Hall–Kier alpha value is -5.15. The Balaban J connectivity index is 1.19. The number of benzene rings is 5. The van der Waals surface area contributed by atoms with Crippen molar-refractivity contribution < 1.29 is 4.42 Å². The van der Waals surface area contributed by atoms with Crippen molar-refractivity contribution in [2.45, 2.75) is 19.3 Å². The van der Waals surface area contributed by atoms with Gasteiger partial charge >= 0.3 is 0 Å². The highest BCUT2D eigenvalue weighted by Crippen LogP contribution is 2.47. The topological polar surface area (TPSA) is 38.1 Å². The molecule has 0 saturated heterocycles. The second kappa shape index (κ2) is 8.43. The van der Waals surface area contributed by atoms with Crippen molar-refractivity contribution in [1.82, 2.24) is 10.3 Å². The highest BCUT2D eigenvalue weighted by molar-refractivity contribution is 6.18. The number of aromatic nitrogens is 1. The zero-order valence-electron chi connectivity index (χ0n) is 23.5. The minimum atomic E-state index is -0.0488. The van der Waals surface area contributed by atoms with Crippen LogP contribution in [0.15, 0.2) is 125 Å². The summed E-state index contributed by atoms with van der Waals surface area (Å²) in [4.78, 5) is 5.20. The fourth-order valence-corrected chi connectivity index (χ4v) is 7.08. The molecule has 0 unspecified atom stereocenters. The summed E-state index contributed by atoms with van der Waals surface area (Å²) in [5.74, 6) is 0. The molecule has 3 heterocycles. The quantitative estimate of drug-likeness (QED) is 0.237. The standard InChI is InChI=1S/C39H28N2O/c1-39(2)31-11-7-19-40-36(31)37-32(39)17-18-33(41-37)26-15-13-24-21-27(16-14-23(24)20-26)35-28-9-4-3-8-25(28)22-30-29-10-5-6-12-34(29)42-38(30)35/h3-18,20-22,40H,19H2,1-2H3. The van der Waals surface area contributed by atoms with Crippen molar-refractivity contribution in [3.63, 3.8) is 0 Å². The summed E-state index contributed by atoms with van der Waals surface area (Å²) in [5, 5.41) is 10.7. The van der Waals surface area contributed by atoms with Crippen molar-refractivity contribution in [3.8, 4) is 22.4 Å². The number of hydrogen-bond acceptors (Lipinski definition) is 3. The summed E-state index contributed by atoms with van der Waals surface area (Å²) in [6.45, 7) is 5.42. The zero-order valence-corrected chi connectivity index (χ0v) is 23.5. The first-order chi connectivity index (χ1) is 20.6. The van der Waals surface area contributed by atoms with E-state index in [2.05, 4.69) is 128 Å². The van der Waals surface area contributed by atoms with E-state index in [9.17, 15) is 0 Å². The second-order valence-corrected chi connectivity index (χ2v) is 12.0. The highest BCUT2D eigenvalue weighted by Gasteiger charge is 2.38. The molecule has 42 heavy (non-hydrogen) atoms. The number of allylic oxidation sites excluding steroid dienone is 2. The number of fused-ring (bicyclic) bond motifs is 7. The lowest BCUT2D eigenvalue weighted by atomic mass is 9.81. The van der Waals surface area contributed by atoms with Crippen molar-refractivity contribution >= 4 is 49.2 Å². The molecule has 9 rings (SSSR count). The van der Waals surface area contributed by atoms with E-state index < -0.39 is 0 Å². The normalized spacial score (nSPS) is 15.5. The van der Waals surface area contributed by atoms with Crippen LogP contribution in [0.1, 0.15) is 25.1 Å². The number of furan rings is 1. The lowest BCUT2D eigenvalue weighted by molar-refractivity contribution is 0.649. The molecule has 0 bridgehead atoms. The van der Waals surface area contributed by atoms with E-state index in [1.165, 1.54) is 38.4 Å². The van der Waals surface area contributed by atoms with Gasteiger partial charge in [0.15, 0.2) is 0 Å². The summed E-state index contributed by atoms with van der Waals surface area (Å²) in [6.07, 6.45) is 4.46. The molecule has 5 aromatic carbocycles. The fraction of sp³-hybridized carbons (Fsp3) is 0.103. The predicted octanol–water partition coefficient (Wildman–Crippen LogP) is 9.78. The Morgan fingerprint density at radius 2 is 1.48 bits per heavy atom. The lowest BCUT2D eigenvalue weighted by Gasteiger charge is -2.23. The van der Waals surface area contributed by atoms with Crippen molar-refractivity contribution in [3.05, 3.63) is 132 Å². The van der Waals surface area contributed by atoms with Crippen LogP contribution in [0.2, 0.25) is 0 Å². The highest BCUT2D eigenvalue weighted by atomic mass is 16.3. The first kappa shape index (κ1) is 23.5. The Kier molecular flexibility index (Phi) is 4.73. The number of rotatable bonds is 2. The first-order valence-electron chi connectivity index (χ1n) is 14.6. The number of para-hydroxylation sites is 1. The molecule has 0 atom stereocenters. The minimum Gasteiger partial charge on any atom is -0.455 e. The van der Waals surface area contributed by atoms with Gasteiger partial charge in [-0.1, -0.05) is 98.8 Å². The third-order valence-corrected chi connectivity index (χ3v) is 9.24. The van der Waals surface area contributed by atoms with Crippen LogP contribution in [0.25, 0.3) is 71.6 Å². The largest absolute Gasteiger partial charge is 0.455 e. The van der Waals surface area contributed by atoms with Gasteiger partial charge in [-0.25, -0.2) is 4.98 Å². The van der Waals surface area contributed by atoms with Crippen LogP contribution in [-0.4, -0.2) is 11.5 Å². The average molecular weight is 541 g/mol. The van der Waals surface area contributed by atoms with E-state index in [4.69, 9.17) is 9.40 Å². The maximum absolute atomic E-state index is 6.50. The molecule has 1 aliphatic heterocycles. The van der Waals surface area contributed by atoms with Gasteiger partial charge in [0.25, 0.3) is 0 Å². The van der Waals surface area contributed by atoms with Gasteiger partial charge in [0.1, 0.15) is 11.2 Å². The van der Waals surface area contributed by atoms with E-state index >= 15 is 0 Å². The Morgan fingerprint density at radius 1 is 0.714 bits per heavy atom. The van der Waals surface area contributed by atoms with Crippen molar-refractivity contribution in [2.24, 2.45) is 0 Å². The molecule has 3 heteroatoms. The molecule has 1 aliphatic carbocycles. The molecule has 3 nitrogen and oxygen atoms in total. The first-order valence-corrected chi connectivity index (χ1v) is 14.6. The van der Waals surface area contributed by atoms with E-state index in [0.717, 1.165) is 56.6 Å². The van der Waals surface area contributed by atoms with Gasteiger partial charge in [-0.15, -0.1) is 0 Å². The van der Waals surface area contributed by atoms with E-state index in [1.807, 2.05) is 6.07 Å². The predicted molar refractivity (Wildman–Crippen MR) is 174 cm³/mol. The summed E-state index contributed by atoms with van der Waals surface area (Å²) < 4.78 is 6.50. The minimum absolute atomic E-state index is 0.0488. The van der Waals surface area contributed by atoms with Gasteiger partial charge in [-0.05, 0) is 68.6 Å². The van der Waals surface area contributed by atoms with Crippen LogP contribution in [0.5, 0.6) is 0 Å². The van der Waals surface area contributed by atoms with E-state index in [0.29, 0.717) is 0 Å². The van der Waals surface area contributed by atoms with Crippen LogP contribution in [0, 0.1) is 0 Å². The van der Waals surface area contributed by atoms with Crippen LogP contribution in [0.3, 0.4) is 0 Å². The molecule has 1 N–H and O–H groups in total. The second-order valence-electron chi connectivity index (χ2n) is 12.0. The fourth-order valence-electron chi connectivity index (χ4n) is 7.08. The van der Waals surface area contributed by atoms with Crippen LogP contribution in [-0.2, 0) is 5.41 Å². The maximum Gasteiger partial charge on any atom is 0.143 e. The monoisotopic (exact) mass is 540 g/mol. The number of nitrogens with one attached hydrogen (secondary N) is 1. The molecule has 2 aliphatic rings. The molecule has 0 radical (unpaired) electrons. The van der Waals surface area contributed by atoms with Crippen molar-refractivity contribution in [2.75, 3.05) is 6.54 Å². The van der Waals surface area contributed by atoms with Gasteiger partial charge in [-0.3, -0.25) is 0 Å². The molecule has 0 fully saturated rings. The van der Waals surface area contributed by atoms with Gasteiger partial charge in [0, 0.05) is 33.9 Å². The number of hydrogen-bond donors (Lipinski definition) is 1.